The fourth-order valence-electron chi connectivity index (χ4n) is 4.02. The van der Waals surface area contributed by atoms with Gasteiger partial charge in [-0.2, -0.15) is 5.26 Å². The standard InChI is InChI=1S/C17H25NO/c1-11(2)14-8-12(3)16(4,5)15-9-13(19)6-7-17(14,15)10-18/h9,12-14,19H,1,6-8H2,2-5H3/t12-,13-,14+,17-/m1/s1. The Balaban J connectivity index is 2.62. The molecule has 2 aliphatic rings. The number of allylic oxidation sites excluding steroid dienone is 2. The minimum atomic E-state index is -0.443. The van der Waals surface area contributed by atoms with Crippen molar-refractivity contribution in [2.75, 3.05) is 0 Å². The maximum atomic E-state index is 9.99. The van der Waals surface area contributed by atoms with E-state index in [2.05, 4.69) is 33.4 Å². The largest absolute Gasteiger partial charge is 0.389 e. The number of aliphatic hydroxyl groups excluding tert-OH is 1. The number of hydrogen-bond donors (Lipinski definition) is 1. The first kappa shape index (κ1) is 14.3. The van der Waals surface area contributed by atoms with Crippen molar-refractivity contribution in [2.45, 2.75) is 53.1 Å². The van der Waals surface area contributed by atoms with Gasteiger partial charge in [0.2, 0.25) is 0 Å². The second-order valence-corrected chi connectivity index (χ2v) is 7.03. The topological polar surface area (TPSA) is 44.0 Å². The average molecular weight is 259 g/mol. The molecule has 0 radical (unpaired) electrons. The molecule has 19 heavy (non-hydrogen) atoms. The van der Waals surface area contributed by atoms with Crippen molar-refractivity contribution >= 4 is 0 Å². The Morgan fingerprint density at radius 1 is 1.53 bits per heavy atom. The van der Waals surface area contributed by atoms with E-state index in [0.29, 0.717) is 12.3 Å². The fraction of sp³-hybridized carbons (Fsp3) is 0.706. The molecule has 2 heteroatoms. The van der Waals surface area contributed by atoms with Gasteiger partial charge in [0.05, 0.1) is 17.6 Å². The summed E-state index contributed by atoms with van der Waals surface area (Å²) in [4.78, 5) is 0. The van der Waals surface area contributed by atoms with E-state index >= 15 is 0 Å². The average Bonchev–Trinajstić information content (AvgIpc) is 2.34. The molecule has 0 aromatic carbocycles. The molecule has 2 aliphatic carbocycles. The van der Waals surface area contributed by atoms with Crippen LogP contribution in [-0.2, 0) is 0 Å². The van der Waals surface area contributed by atoms with E-state index in [1.165, 1.54) is 0 Å². The molecule has 1 saturated carbocycles. The molecule has 0 heterocycles. The Kier molecular flexibility index (Phi) is 3.39. The number of nitriles is 1. The first-order chi connectivity index (χ1) is 8.75. The predicted octanol–water partition coefficient (Wildman–Crippen LogP) is 3.84. The van der Waals surface area contributed by atoms with Gasteiger partial charge in [0.15, 0.2) is 0 Å². The number of aliphatic hydroxyl groups is 1. The van der Waals surface area contributed by atoms with E-state index in [1.54, 1.807) is 0 Å². The molecule has 104 valence electrons. The van der Waals surface area contributed by atoms with Gasteiger partial charge in [-0.15, -0.1) is 0 Å². The van der Waals surface area contributed by atoms with E-state index in [9.17, 15) is 10.4 Å². The second-order valence-electron chi connectivity index (χ2n) is 7.03. The van der Waals surface area contributed by atoms with Crippen molar-refractivity contribution in [2.24, 2.45) is 22.7 Å². The van der Waals surface area contributed by atoms with Gasteiger partial charge in [0, 0.05) is 5.92 Å². The molecule has 1 N–H and O–H groups in total. The molecule has 0 unspecified atom stereocenters. The van der Waals surface area contributed by atoms with Crippen LogP contribution in [0.2, 0.25) is 0 Å². The highest BCUT2D eigenvalue weighted by Crippen LogP contribution is 2.61. The molecule has 0 aromatic heterocycles. The molecule has 4 atom stereocenters. The van der Waals surface area contributed by atoms with Gasteiger partial charge < -0.3 is 5.11 Å². The predicted molar refractivity (Wildman–Crippen MR) is 77.2 cm³/mol. The molecule has 0 amide bonds. The highest BCUT2D eigenvalue weighted by Gasteiger charge is 2.55. The van der Waals surface area contributed by atoms with Crippen LogP contribution < -0.4 is 0 Å². The molecule has 2 rings (SSSR count). The van der Waals surface area contributed by atoms with Crippen molar-refractivity contribution in [1.29, 1.82) is 5.26 Å². The van der Waals surface area contributed by atoms with Gasteiger partial charge in [0.25, 0.3) is 0 Å². The SMILES string of the molecule is C=C(C)[C@@H]1C[C@@H](C)C(C)(C)C2=C[C@H](O)CC[C@]21C#N. The highest BCUT2D eigenvalue weighted by atomic mass is 16.3. The maximum Gasteiger partial charge on any atom is 0.0854 e. The number of rotatable bonds is 1. The van der Waals surface area contributed by atoms with Crippen LogP contribution in [0, 0.1) is 34.0 Å². The number of hydrogen-bond acceptors (Lipinski definition) is 2. The Bertz CT molecular complexity index is 468. The summed E-state index contributed by atoms with van der Waals surface area (Å²) in [7, 11) is 0. The van der Waals surface area contributed by atoms with Gasteiger partial charge in [0.1, 0.15) is 0 Å². The summed E-state index contributed by atoms with van der Waals surface area (Å²) in [6.45, 7) is 12.8. The third-order valence-electron chi connectivity index (χ3n) is 5.58. The zero-order chi connectivity index (χ0) is 14.4. The number of fused-ring (bicyclic) bond motifs is 1. The zero-order valence-corrected chi connectivity index (χ0v) is 12.5. The van der Waals surface area contributed by atoms with Crippen molar-refractivity contribution in [3.63, 3.8) is 0 Å². The van der Waals surface area contributed by atoms with Gasteiger partial charge in [-0.1, -0.05) is 39.0 Å². The fourth-order valence-corrected chi connectivity index (χ4v) is 4.02. The smallest absolute Gasteiger partial charge is 0.0854 e. The lowest BCUT2D eigenvalue weighted by atomic mass is 9.48. The first-order valence-corrected chi connectivity index (χ1v) is 7.23. The molecule has 0 bridgehead atoms. The molecule has 0 aliphatic heterocycles. The van der Waals surface area contributed by atoms with Crippen molar-refractivity contribution in [1.82, 2.24) is 0 Å². The summed E-state index contributed by atoms with van der Waals surface area (Å²) in [6, 6.07) is 2.61. The maximum absolute atomic E-state index is 9.99. The lowest BCUT2D eigenvalue weighted by Crippen LogP contribution is -2.49. The van der Waals surface area contributed by atoms with Gasteiger partial charge in [-0.25, -0.2) is 0 Å². The summed E-state index contributed by atoms with van der Waals surface area (Å²) < 4.78 is 0. The van der Waals surface area contributed by atoms with Gasteiger partial charge >= 0.3 is 0 Å². The Morgan fingerprint density at radius 3 is 2.68 bits per heavy atom. The van der Waals surface area contributed by atoms with E-state index < -0.39 is 11.5 Å². The lowest BCUT2D eigenvalue weighted by Gasteiger charge is -2.54. The third kappa shape index (κ3) is 1.96. The van der Waals surface area contributed by atoms with Crippen LogP contribution in [0.15, 0.2) is 23.8 Å². The van der Waals surface area contributed by atoms with Crippen LogP contribution >= 0.6 is 0 Å². The molecule has 1 fully saturated rings. The third-order valence-corrected chi connectivity index (χ3v) is 5.58. The Labute approximate surface area is 116 Å². The van der Waals surface area contributed by atoms with Crippen molar-refractivity contribution < 1.29 is 5.11 Å². The molecular weight excluding hydrogens is 234 g/mol. The highest BCUT2D eigenvalue weighted by molar-refractivity contribution is 5.39. The van der Waals surface area contributed by atoms with Crippen LogP contribution in [0.3, 0.4) is 0 Å². The normalized spacial score (nSPS) is 40.8. The summed E-state index contributed by atoms with van der Waals surface area (Å²) in [5.74, 6) is 0.714. The first-order valence-electron chi connectivity index (χ1n) is 7.23. The van der Waals surface area contributed by atoms with Crippen molar-refractivity contribution in [3.8, 4) is 6.07 Å². The quantitative estimate of drug-likeness (QED) is 0.727. The lowest BCUT2D eigenvalue weighted by molar-refractivity contribution is 0.0710. The van der Waals surface area contributed by atoms with Gasteiger partial charge in [-0.3, -0.25) is 0 Å². The van der Waals surface area contributed by atoms with E-state index in [1.807, 2.05) is 13.0 Å². The van der Waals surface area contributed by atoms with Crippen LogP contribution in [0.25, 0.3) is 0 Å². The van der Waals surface area contributed by atoms with E-state index in [0.717, 1.165) is 24.0 Å². The summed E-state index contributed by atoms with van der Waals surface area (Å²) in [6.07, 6.45) is 4.02. The van der Waals surface area contributed by atoms with Gasteiger partial charge in [-0.05, 0) is 43.1 Å². The molecule has 0 spiro atoms. The van der Waals surface area contributed by atoms with Crippen molar-refractivity contribution in [3.05, 3.63) is 23.8 Å². The summed E-state index contributed by atoms with van der Waals surface area (Å²) in [5, 5.41) is 19.9. The van der Waals surface area contributed by atoms with Crippen LogP contribution in [0.1, 0.15) is 47.0 Å². The zero-order valence-electron chi connectivity index (χ0n) is 12.5. The number of nitrogens with zero attached hydrogens (tertiary/aromatic N) is 1. The molecule has 2 nitrogen and oxygen atoms in total. The van der Waals surface area contributed by atoms with Crippen LogP contribution in [-0.4, -0.2) is 11.2 Å². The molecule has 0 saturated heterocycles. The Hall–Kier alpha value is -1.07. The minimum absolute atomic E-state index is 0.0247. The molecule has 0 aromatic rings. The van der Waals surface area contributed by atoms with E-state index in [-0.39, 0.29) is 11.3 Å². The summed E-state index contributed by atoms with van der Waals surface area (Å²) >= 11 is 0. The minimum Gasteiger partial charge on any atom is -0.389 e. The van der Waals surface area contributed by atoms with E-state index in [4.69, 9.17) is 0 Å². The monoisotopic (exact) mass is 259 g/mol. The van der Waals surface area contributed by atoms with Crippen LogP contribution in [0.5, 0.6) is 0 Å². The summed E-state index contributed by atoms with van der Waals surface area (Å²) in [5.41, 5.74) is 1.78. The molecular formula is C17H25NO. The Morgan fingerprint density at radius 2 is 2.16 bits per heavy atom. The van der Waals surface area contributed by atoms with Crippen LogP contribution in [0.4, 0.5) is 0 Å². The second kappa shape index (κ2) is 4.49.